The lowest BCUT2D eigenvalue weighted by atomic mass is 10.1. The van der Waals surface area contributed by atoms with Gasteiger partial charge in [-0.05, 0) is 48.9 Å². The van der Waals surface area contributed by atoms with E-state index < -0.39 is 0 Å². The first-order valence-electron chi connectivity index (χ1n) is 8.19. The van der Waals surface area contributed by atoms with Crippen molar-refractivity contribution >= 4 is 40.4 Å². The fourth-order valence-corrected chi connectivity index (χ4v) is 3.80. The molecule has 132 valence electrons. The number of hydrogen-bond donors (Lipinski definition) is 3. The van der Waals surface area contributed by atoms with E-state index >= 15 is 0 Å². The van der Waals surface area contributed by atoms with Gasteiger partial charge in [0.1, 0.15) is 0 Å². The van der Waals surface area contributed by atoms with Crippen molar-refractivity contribution in [1.82, 2.24) is 5.32 Å². The Bertz CT molecular complexity index is 764. The molecule has 2 amide bonds. The SMILES string of the molecule is NC1CCC(C(=O)Nc2ccc(Cl)c(C(=O)NCc3cccs3)c2)C1. The van der Waals surface area contributed by atoms with Crippen LogP contribution in [0.3, 0.4) is 0 Å². The molecule has 1 fully saturated rings. The molecule has 0 bridgehead atoms. The first kappa shape index (κ1) is 17.9. The Kier molecular flexibility index (Phi) is 5.73. The third-order valence-corrected chi connectivity index (χ3v) is 5.53. The van der Waals surface area contributed by atoms with Gasteiger partial charge in [-0.3, -0.25) is 9.59 Å². The van der Waals surface area contributed by atoms with Crippen LogP contribution in [0.4, 0.5) is 5.69 Å². The van der Waals surface area contributed by atoms with Gasteiger partial charge < -0.3 is 16.4 Å². The molecule has 7 heteroatoms. The number of nitrogens with one attached hydrogen (secondary N) is 2. The maximum atomic E-state index is 12.4. The van der Waals surface area contributed by atoms with Crippen molar-refractivity contribution in [1.29, 1.82) is 0 Å². The Morgan fingerprint density at radius 1 is 1.28 bits per heavy atom. The Morgan fingerprint density at radius 3 is 2.80 bits per heavy atom. The minimum absolute atomic E-state index is 0.0554. The Labute approximate surface area is 155 Å². The van der Waals surface area contributed by atoms with Crippen LogP contribution in [0.5, 0.6) is 0 Å². The number of hydrogen-bond acceptors (Lipinski definition) is 4. The van der Waals surface area contributed by atoms with Gasteiger partial charge in [-0.15, -0.1) is 11.3 Å². The van der Waals surface area contributed by atoms with E-state index in [1.165, 1.54) is 0 Å². The Hall–Kier alpha value is -1.89. The number of carbonyl (C=O) groups is 2. The fraction of sp³-hybridized carbons (Fsp3) is 0.333. The van der Waals surface area contributed by atoms with Crippen molar-refractivity contribution in [2.24, 2.45) is 11.7 Å². The highest BCUT2D eigenvalue weighted by Gasteiger charge is 2.27. The van der Waals surface area contributed by atoms with Crippen LogP contribution in [0, 0.1) is 5.92 Å². The highest BCUT2D eigenvalue weighted by atomic mass is 35.5. The first-order chi connectivity index (χ1) is 12.0. The van der Waals surface area contributed by atoms with Crippen LogP contribution in [0.1, 0.15) is 34.5 Å². The van der Waals surface area contributed by atoms with Gasteiger partial charge in [-0.1, -0.05) is 17.7 Å². The zero-order valence-electron chi connectivity index (χ0n) is 13.6. The summed E-state index contributed by atoms with van der Waals surface area (Å²) < 4.78 is 0. The summed E-state index contributed by atoms with van der Waals surface area (Å²) in [5, 5.41) is 8.02. The molecule has 0 aliphatic heterocycles. The Balaban J connectivity index is 1.65. The molecule has 2 aromatic rings. The summed E-state index contributed by atoms with van der Waals surface area (Å²) in [5.74, 6) is -0.389. The van der Waals surface area contributed by atoms with E-state index in [1.807, 2.05) is 17.5 Å². The zero-order valence-corrected chi connectivity index (χ0v) is 15.2. The smallest absolute Gasteiger partial charge is 0.253 e. The minimum atomic E-state index is -0.266. The number of rotatable bonds is 5. The predicted octanol–water partition coefficient (Wildman–Crippen LogP) is 3.40. The average molecular weight is 378 g/mol. The van der Waals surface area contributed by atoms with Crippen molar-refractivity contribution in [2.75, 3.05) is 5.32 Å². The maximum Gasteiger partial charge on any atom is 0.253 e. The second-order valence-corrected chi connectivity index (χ2v) is 7.66. The van der Waals surface area contributed by atoms with Crippen molar-refractivity contribution < 1.29 is 9.59 Å². The van der Waals surface area contributed by atoms with Gasteiger partial charge in [0.15, 0.2) is 0 Å². The summed E-state index contributed by atoms with van der Waals surface area (Å²) in [6.45, 7) is 0.448. The van der Waals surface area contributed by atoms with Gasteiger partial charge >= 0.3 is 0 Å². The van der Waals surface area contributed by atoms with Crippen LogP contribution in [0.25, 0.3) is 0 Å². The molecule has 1 aliphatic rings. The van der Waals surface area contributed by atoms with Crippen LogP contribution in [0.15, 0.2) is 35.7 Å². The van der Waals surface area contributed by atoms with E-state index in [-0.39, 0.29) is 23.8 Å². The first-order valence-corrected chi connectivity index (χ1v) is 9.45. The van der Waals surface area contributed by atoms with Gasteiger partial charge in [-0.2, -0.15) is 0 Å². The molecule has 25 heavy (non-hydrogen) atoms. The van der Waals surface area contributed by atoms with Crippen LogP contribution in [0.2, 0.25) is 5.02 Å². The molecule has 0 spiro atoms. The number of nitrogens with two attached hydrogens (primary N) is 1. The summed E-state index contributed by atoms with van der Waals surface area (Å²) in [6.07, 6.45) is 2.37. The predicted molar refractivity (Wildman–Crippen MR) is 101 cm³/mol. The largest absolute Gasteiger partial charge is 0.347 e. The lowest BCUT2D eigenvalue weighted by Crippen LogP contribution is -2.24. The summed E-state index contributed by atoms with van der Waals surface area (Å²) >= 11 is 7.72. The van der Waals surface area contributed by atoms with Crippen molar-refractivity contribution in [2.45, 2.75) is 31.8 Å². The van der Waals surface area contributed by atoms with Crippen molar-refractivity contribution in [3.05, 3.63) is 51.2 Å². The molecule has 2 atom stereocenters. The summed E-state index contributed by atoms with van der Waals surface area (Å²) in [7, 11) is 0. The summed E-state index contributed by atoms with van der Waals surface area (Å²) in [5.41, 5.74) is 6.78. The molecule has 1 aliphatic carbocycles. The summed E-state index contributed by atoms with van der Waals surface area (Å²) in [6, 6.07) is 8.92. The van der Waals surface area contributed by atoms with E-state index in [1.54, 1.807) is 29.5 Å². The van der Waals surface area contributed by atoms with E-state index in [9.17, 15) is 9.59 Å². The number of benzene rings is 1. The molecule has 5 nitrogen and oxygen atoms in total. The summed E-state index contributed by atoms with van der Waals surface area (Å²) in [4.78, 5) is 25.7. The third-order valence-electron chi connectivity index (χ3n) is 4.33. The zero-order chi connectivity index (χ0) is 17.8. The average Bonchev–Trinajstić information content (AvgIpc) is 3.26. The molecule has 2 unspecified atom stereocenters. The molecule has 3 rings (SSSR count). The van der Waals surface area contributed by atoms with E-state index in [4.69, 9.17) is 17.3 Å². The molecule has 4 N–H and O–H groups in total. The third kappa shape index (κ3) is 4.60. The second kappa shape index (κ2) is 7.99. The molecule has 0 saturated heterocycles. The highest BCUT2D eigenvalue weighted by Crippen LogP contribution is 2.26. The van der Waals surface area contributed by atoms with Crippen LogP contribution in [-0.4, -0.2) is 17.9 Å². The number of carbonyl (C=O) groups excluding carboxylic acids is 2. The number of thiophene rings is 1. The van der Waals surface area contributed by atoms with Crippen molar-refractivity contribution in [3.63, 3.8) is 0 Å². The Morgan fingerprint density at radius 2 is 2.12 bits per heavy atom. The highest BCUT2D eigenvalue weighted by molar-refractivity contribution is 7.09. The van der Waals surface area contributed by atoms with Gasteiger partial charge in [0.05, 0.1) is 17.1 Å². The van der Waals surface area contributed by atoms with Gasteiger partial charge in [0.2, 0.25) is 5.91 Å². The van der Waals surface area contributed by atoms with Gasteiger partial charge in [0.25, 0.3) is 5.91 Å². The lowest BCUT2D eigenvalue weighted by Gasteiger charge is -2.12. The van der Waals surface area contributed by atoms with Crippen LogP contribution >= 0.6 is 22.9 Å². The monoisotopic (exact) mass is 377 g/mol. The molecular weight excluding hydrogens is 358 g/mol. The molecular formula is C18H20ClN3O2S. The standard InChI is InChI=1S/C18H20ClN3O2S/c19-16-6-5-13(22-17(23)11-3-4-12(20)8-11)9-15(16)18(24)21-10-14-2-1-7-25-14/h1-2,5-7,9,11-12H,3-4,8,10,20H2,(H,21,24)(H,22,23). The normalized spacial score (nSPS) is 19.6. The van der Waals surface area contributed by atoms with E-state index in [2.05, 4.69) is 10.6 Å². The number of amides is 2. The lowest BCUT2D eigenvalue weighted by molar-refractivity contribution is -0.119. The second-order valence-electron chi connectivity index (χ2n) is 6.22. The fourth-order valence-electron chi connectivity index (χ4n) is 2.95. The van der Waals surface area contributed by atoms with E-state index in [0.29, 0.717) is 29.2 Å². The quantitative estimate of drug-likeness (QED) is 0.746. The van der Waals surface area contributed by atoms with Gasteiger partial charge in [-0.25, -0.2) is 0 Å². The van der Waals surface area contributed by atoms with Crippen LogP contribution < -0.4 is 16.4 Å². The molecule has 1 aromatic heterocycles. The molecule has 1 aromatic carbocycles. The van der Waals surface area contributed by atoms with Crippen LogP contribution in [-0.2, 0) is 11.3 Å². The van der Waals surface area contributed by atoms with Crippen molar-refractivity contribution in [3.8, 4) is 0 Å². The molecule has 0 radical (unpaired) electrons. The minimum Gasteiger partial charge on any atom is -0.347 e. The molecule has 1 saturated carbocycles. The number of halogens is 1. The number of anilines is 1. The van der Waals surface area contributed by atoms with E-state index in [0.717, 1.165) is 17.7 Å². The topological polar surface area (TPSA) is 84.2 Å². The molecule has 1 heterocycles. The van der Waals surface area contributed by atoms with Gasteiger partial charge in [0, 0.05) is 22.5 Å². The maximum absolute atomic E-state index is 12.4.